The fourth-order valence-corrected chi connectivity index (χ4v) is 3.51. The van der Waals surface area contributed by atoms with Crippen LogP contribution in [0.3, 0.4) is 0 Å². The topological polar surface area (TPSA) is 127 Å². The molecule has 0 unspecified atom stereocenters. The van der Waals surface area contributed by atoms with E-state index in [4.69, 9.17) is 34.7 Å². The Morgan fingerprint density at radius 3 is 1.43 bits per heavy atom. The normalized spacial score (nSPS) is 11.5. The Labute approximate surface area is 130 Å². The Hall–Kier alpha value is -1.83. The minimum atomic E-state index is -4.06. The molecule has 2 aromatic carbocycles. The zero-order valence-corrected chi connectivity index (χ0v) is 12.7. The van der Waals surface area contributed by atoms with Crippen LogP contribution in [0.5, 0.6) is 11.5 Å². The SMILES string of the molecule is Nc1c(O)cc(S(=O)(=O)c2cc(O)c(N)c(Cl)c2)cc1Cl. The zero-order chi connectivity index (χ0) is 15.9. The molecule has 6 nitrogen and oxygen atoms in total. The molecule has 0 aliphatic rings. The number of halogens is 2. The molecule has 0 aliphatic carbocycles. The van der Waals surface area contributed by atoms with Crippen molar-refractivity contribution >= 4 is 44.4 Å². The molecule has 2 aromatic rings. The number of nitrogens with two attached hydrogens (primary N) is 2. The van der Waals surface area contributed by atoms with Gasteiger partial charge in [0.25, 0.3) is 0 Å². The molecule has 6 N–H and O–H groups in total. The molecule has 0 saturated heterocycles. The average molecular weight is 349 g/mol. The van der Waals surface area contributed by atoms with Crippen molar-refractivity contribution in [3.8, 4) is 11.5 Å². The number of rotatable bonds is 2. The lowest BCUT2D eigenvalue weighted by molar-refractivity contribution is 0.475. The molecule has 0 spiro atoms. The third-order valence-electron chi connectivity index (χ3n) is 2.78. The fourth-order valence-electron chi connectivity index (χ4n) is 1.60. The van der Waals surface area contributed by atoms with E-state index in [-0.39, 0.29) is 31.2 Å². The summed E-state index contributed by atoms with van der Waals surface area (Å²) in [6, 6.07) is 4.09. The highest BCUT2D eigenvalue weighted by atomic mass is 35.5. The van der Waals surface area contributed by atoms with Crippen molar-refractivity contribution in [2.75, 3.05) is 11.5 Å². The molecule has 0 aliphatic heterocycles. The lowest BCUT2D eigenvalue weighted by Crippen LogP contribution is -2.04. The third kappa shape index (κ3) is 2.67. The molecule has 2 rings (SSSR count). The van der Waals surface area contributed by atoms with Gasteiger partial charge in [0.15, 0.2) is 0 Å². The number of nitrogen functional groups attached to an aromatic ring is 2. The van der Waals surface area contributed by atoms with Gasteiger partial charge in [0, 0.05) is 12.1 Å². The van der Waals surface area contributed by atoms with Crippen molar-refractivity contribution in [2.45, 2.75) is 9.79 Å². The quantitative estimate of drug-likeness (QED) is 0.487. The van der Waals surface area contributed by atoms with Crippen LogP contribution in [0.25, 0.3) is 0 Å². The second kappa shape index (κ2) is 5.18. The standard InChI is InChI=1S/C12H10Cl2N2O4S/c13-7-1-5(3-9(17)11(7)15)21(19,20)6-2-8(14)12(16)10(18)4-6/h1-4,17-18H,15-16H2. The molecular weight excluding hydrogens is 339 g/mol. The van der Waals surface area contributed by atoms with Crippen molar-refractivity contribution in [1.29, 1.82) is 0 Å². The zero-order valence-electron chi connectivity index (χ0n) is 10.3. The minimum Gasteiger partial charge on any atom is -0.506 e. The first-order valence-electron chi connectivity index (χ1n) is 5.45. The molecule has 9 heteroatoms. The maximum absolute atomic E-state index is 12.4. The summed E-state index contributed by atoms with van der Waals surface area (Å²) in [6.45, 7) is 0. The van der Waals surface area contributed by atoms with Crippen molar-refractivity contribution in [3.05, 3.63) is 34.3 Å². The number of phenols is 2. The van der Waals surface area contributed by atoms with E-state index in [9.17, 15) is 18.6 Å². The minimum absolute atomic E-state index is 0.112. The number of sulfone groups is 1. The van der Waals surface area contributed by atoms with E-state index >= 15 is 0 Å². The largest absolute Gasteiger partial charge is 0.506 e. The Bertz CT molecular complexity index is 728. The predicted octanol–water partition coefficient (Wildman–Crippen LogP) is 2.40. The van der Waals surface area contributed by atoms with Gasteiger partial charge in [-0.25, -0.2) is 8.42 Å². The van der Waals surface area contributed by atoms with Crippen LogP contribution in [-0.2, 0) is 9.84 Å². The Morgan fingerprint density at radius 2 is 1.14 bits per heavy atom. The van der Waals surface area contributed by atoms with E-state index in [2.05, 4.69) is 0 Å². The molecule has 0 bridgehead atoms. The molecule has 0 radical (unpaired) electrons. The van der Waals surface area contributed by atoms with Crippen LogP contribution >= 0.6 is 23.2 Å². The predicted molar refractivity (Wildman–Crippen MR) is 80.5 cm³/mol. The van der Waals surface area contributed by atoms with Crippen molar-refractivity contribution in [3.63, 3.8) is 0 Å². The van der Waals surface area contributed by atoms with Crippen molar-refractivity contribution in [1.82, 2.24) is 0 Å². The van der Waals surface area contributed by atoms with Gasteiger partial charge in [-0.3, -0.25) is 0 Å². The Kier molecular flexibility index (Phi) is 3.83. The van der Waals surface area contributed by atoms with Gasteiger partial charge in [-0.15, -0.1) is 0 Å². The summed E-state index contributed by atoms with van der Waals surface area (Å²) >= 11 is 11.5. The maximum Gasteiger partial charge on any atom is 0.206 e. The number of hydrogen-bond donors (Lipinski definition) is 4. The number of hydrogen-bond acceptors (Lipinski definition) is 6. The molecule has 0 atom stereocenters. The monoisotopic (exact) mass is 348 g/mol. The first-order valence-corrected chi connectivity index (χ1v) is 7.69. The highest BCUT2D eigenvalue weighted by Crippen LogP contribution is 2.37. The van der Waals surface area contributed by atoms with Gasteiger partial charge in [-0.1, -0.05) is 23.2 Å². The number of phenolic OH excluding ortho intramolecular Hbond substituents is 2. The van der Waals surface area contributed by atoms with E-state index in [0.29, 0.717) is 0 Å². The summed E-state index contributed by atoms with van der Waals surface area (Å²) in [6.07, 6.45) is 0. The third-order valence-corrected chi connectivity index (χ3v) is 5.12. The van der Waals surface area contributed by atoms with Crippen molar-refractivity contribution < 1.29 is 18.6 Å². The van der Waals surface area contributed by atoms with E-state index in [1.807, 2.05) is 0 Å². The smallest absolute Gasteiger partial charge is 0.206 e. The van der Waals surface area contributed by atoms with Gasteiger partial charge in [0.1, 0.15) is 11.5 Å². The van der Waals surface area contributed by atoms with Crippen LogP contribution in [0.15, 0.2) is 34.1 Å². The van der Waals surface area contributed by atoms with E-state index in [0.717, 1.165) is 24.3 Å². The van der Waals surface area contributed by atoms with Gasteiger partial charge in [0.2, 0.25) is 9.84 Å². The second-order valence-electron chi connectivity index (χ2n) is 4.18. The van der Waals surface area contributed by atoms with Gasteiger partial charge in [0.05, 0.1) is 31.2 Å². The molecular formula is C12H10Cl2N2O4S. The van der Waals surface area contributed by atoms with Crippen LogP contribution in [-0.4, -0.2) is 18.6 Å². The molecule has 0 heterocycles. The van der Waals surface area contributed by atoms with Crippen LogP contribution < -0.4 is 11.5 Å². The highest BCUT2D eigenvalue weighted by molar-refractivity contribution is 7.91. The van der Waals surface area contributed by atoms with Crippen molar-refractivity contribution in [2.24, 2.45) is 0 Å². The van der Waals surface area contributed by atoms with E-state index in [1.54, 1.807) is 0 Å². The molecule has 21 heavy (non-hydrogen) atoms. The first kappa shape index (κ1) is 15.6. The van der Waals surface area contributed by atoms with Crippen LogP contribution in [0.1, 0.15) is 0 Å². The summed E-state index contributed by atoms with van der Waals surface area (Å²) < 4.78 is 24.9. The highest BCUT2D eigenvalue weighted by Gasteiger charge is 2.22. The average Bonchev–Trinajstić information content (AvgIpc) is 2.40. The number of anilines is 2. The molecule has 0 saturated carbocycles. The first-order chi connectivity index (χ1) is 9.64. The number of aromatic hydroxyl groups is 2. The van der Waals surface area contributed by atoms with Crippen LogP contribution in [0, 0.1) is 0 Å². The Balaban J connectivity index is 2.68. The Morgan fingerprint density at radius 1 is 0.810 bits per heavy atom. The second-order valence-corrected chi connectivity index (χ2v) is 6.94. The summed E-state index contributed by atoms with van der Waals surface area (Å²) in [5, 5.41) is 18.9. The van der Waals surface area contributed by atoms with Gasteiger partial charge >= 0.3 is 0 Å². The lowest BCUT2D eigenvalue weighted by atomic mass is 10.3. The summed E-state index contributed by atoms with van der Waals surface area (Å²) in [4.78, 5) is -0.584. The summed E-state index contributed by atoms with van der Waals surface area (Å²) in [5.74, 6) is -0.932. The molecule has 112 valence electrons. The molecule has 0 fully saturated rings. The summed E-state index contributed by atoms with van der Waals surface area (Å²) in [7, 11) is -4.06. The van der Waals surface area contributed by atoms with E-state index in [1.165, 1.54) is 0 Å². The molecule has 0 aromatic heterocycles. The van der Waals surface area contributed by atoms with Gasteiger partial charge < -0.3 is 21.7 Å². The van der Waals surface area contributed by atoms with E-state index < -0.39 is 21.3 Å². The molecule has 0 amide bonds. The fraction of sp³-hybridized carbons (Fsp3) is 0. The summed E-state index contributed by atoms with van der Waals surface area (Å²) in [5.41, 5.74) is 10.6. The maximum atomic E-state index is 12.4. The number of benzene rings is 2. The van der Waals surface area contributed by atoms with Gasteiger partial charge in [-0.2, -0.15) is 0 Å². The lowest BCUT2D eigenvalue weighted by Gasteiger charge is -2.10. The van der Waals surface area contributed by atoms with Crippen LogP contribution in [0.4, 0.5) is 11.4 Å². The van der Waals surface area contributed by atoms with Gasteiger partial charge in [-0.05, 0) is 12.1 Å². The van der Waals surface area contributed by atoms with Crippen LogP contribution in [0.2, 0.25) is 10.0 Å².